The number of anilines is 2. The molecular weight excluding hydrogens is 278 g/mol. The first-order chi connectivity index (χ1) is 9.90. The summed E-state index contributed by atoms with van der Waals surface area (Å²) in [7, 11) is 1.35. The summed E-state index contributed by atoms with van der Waals surface area (Å²) in [5, 5.41) is 0. The van der Waals surface area contributed by atoms with Gasteiger partial charge < -0.3 is 9.80 Å². The maximum Gasteiger partial charge on any atom is 0.342 e. The summed E-state index contributed by atoms with van der Waals surface area (Å²) >= 11 is 0. The highest BCUT2D eigenvalue weighted by atomic mass is 19.3. The molecule has 7 heteroatoms. The van der Waals surface area contributed by atoms with Gasteiger partial charge in [0, 0.05) is 13.1 Å². The fourth-order valence-corrected chi connectivity index (χ4v) is 3.13. The Kier molecular flexibility index (Phi) is 3.30. The van der Waals surface area contributed by atoms with Gasteiger partial charge in [-0.2, -0.15) is 8.78 Å². The molecule has 1 aliphatic carbocycles. The second kappa shape index (κ2) is 4.89. The maximum absolute atomic E-state index is 14.2. The minimum Gasteiger partial charge on any atom is -0.345 e. The standard InChI is InChI=1S/C14H18F2N4O/c1-9-17-7-11-12(18-9)20(10-5-3-4-6-10)8-14(15,16)13(21)19(11)2/h7,10H,3-6,8H2,1-2H3. The summed E-state index contributed by atoms with van der Waals surface area (Å²) in [5.74, 6) is -3.65. The number of carbonyl (C=O) groups is 1. The molecule has 1 saturated carbocycles. The number of hydrogen-bond donors (Lipinski definition) is 0. The van der Waals surface area contributed by atoms with E-state index in [0.717, 1.165) is 30.6 Å². The van der Waals surface area contributed by atoms with Crippen molar-refractivity contribution in [3.63, 3.8) is 0 Å². The number of alkyl halides is 2. The monoisotopic (exact) mass is 296 g/mol. The first-order valence-electron chi connectivity index (χ1n) is 7.16. The van der Waals surface area contributed by atoms with Crippen LogP contribution in [0.25, 0.3) is 0 Å². The van der Waals surface area contributed by atoms with Gasteiger partial charge in [0.25, 0.3) is 5.91 Å². The zero-order chi connectivity index (χ0) is 15.2. The molecule has 0 atom stereocenters. The Morgan fingerprint density at radius 3 is 2.67 bits per heavy atom. The molecule has 0 spiro atoms. The van der Waals surface area contributed by atoms with E-state index in [2.05, 4.69) is 9.97 Å². The molecule has 1 aliphatic heterocycles. The predicted octanol–water partition coefficient (Wildman–Crippen LogP) is 2.15. The van der Waals surface area contributed by atoms with Crippen molar-refractivity contribution >= 4 is 17.4 Å². The van der Waals surface area contributed by atoms with Crippen molar-refractivity contribution < 1.29 is 13.6 Å². The lowest BCUT2D eigenvalue weighted by Gasteiger charge is -2.30. The van der Waals surface area contributed by atoms with Crippen molar-refractivity contribution in [2.24, 2.45) is 0 Å². The molecule has 5 nitrogen and oxygen atoms in total. The van der Waals surface area contributed by atoms with Gasteiger partial charge in [0.15, 0.2) is 5.82 Å². The molecule has 0 N–H and O–H groups in total. The molecule has 21 heavy (non-hydrogen) atoms. The fourth-order valence-electron chi connectivity index (χ4n) is 3.13. The average molecular weight is 296 g/mol. The molecule has 0 unspecified atom stereocenters. The largest absolute Gasteiger partial charge is 0.345 e. The molecule has 2 aliphatic rings. The van der Waals surface area contributed by atoms with Crippen molar-refractivity contribution in [3.8, 4) is 0 Å². The fraction of sp³-hybridized carbons (Fsp3) is 0.643. The highest BCUT2D eigenvalue weighted by Crippen LogP contribution is 2.38. The molecule has 3 rings (SSSR count). The molecule has 0 saturated heterocycles. The zero-order valence-electron chi connectivity index (χ0n) is 12.1. The van der Waals surface area contributed by atoms with Crippen molar-refractivity contribution in [3.05, 3.63) is 12.0 Å². The van der Waals surface area contributed by atoms with Gasteiger partial charge in [-0.25, -0.2) is 9.97 Å². The van der Waals surface area contributed by atoms with Crippen molar-refractivity contribution in [2.45, 2.75) is 44.6 Å². The summed E-state index contributed by atoms with van der Waals surface area (Å²) in [6.07, 6.45) is 5.22. The molecule has 114 valence electrons. The van der Waals surface area contributed by atoms with Crippen LogP contribution >= 0.6 is 0 Å². The van der Waals surface area contributed by atoms with E-state index in [1.807, 2.05) is 0 Å². The van der Waals surface area contributed by atoms with Crippen LogP contribution < -0.4 is 9.80 Å². The zero-order valence-corrected chi connectivity index (χ0v) is 12.1. The normalized spacial score (nSPS) is 22.4. The molecule has 0 aromatic carbocycles. The van der Waals surface area contributed by atoms with E-state index in [1.165, 1.54) is 13.2 Å². The lowest BCUT2D eigenvalue weighted by Crippen LogP contribution is -2.48. The van der Waals surface area contributed by atoms with Gasteiger partial charge in [0.05, 0.1) is 12.7 Å². The minimum atomic E-state index is -3.41. The summed E-state index contributed by atoms with van der Waals surface area (Å²) in [6, 6.07) is 0.0169. The number of nitrogens with zero attached hydrogens (tertiary/aromatic N) is 4. The van der Waals surface area contributed by atoms with Gasteiger partial charge in [-0.3, -0.25) is 4.79 Å². The Labute approximate surface area is 122 Å². The smallest absolute Gasteiger partial charge is 0.342 e. The molecule has 2 heterocycles. The first kappa shape index (κ1) is 14.2. The summed E-state index contributed by atoms with van der Waals surface area (Å²) in [5.41, 5.74) is 0.356. The van der Waals surface area contributed by atoms with Crippen LogP contribution in [0.4, 0.5) is 20.3 Å². The Balaban J connectivity index is 2.12. The van der Waals surface area contributed by atoms with Crippen LogP contribution in [0.2, 0.25) is 0 Å². The molecule has 1 fully saturated rings. The van der Waals surface area contributed by atoms with Gasteiger partial charge in [-0.05, 0) is 19.8 Å². The Bertz CT molecular complexity index is 572. The quantitative estimate of drug-likeness (QED) is 0.797. The third kappa shape index (κ3) is 2.34. The van der Waals surface area contributed by atoms with Crippen LogP contribution in [-0.2, 0) is 4.79 Å². The topological polar surface area (TPSA) is 49.3 Å². The van der Waals surface area contributed by atoms with Gasteiger partial charge in [-0.1, -0.05) is 12.8 Å². The average Bonchev–Trinajstić information content (AvgIpc) is 2.94. The van der Waals surface area contributed by atoms with E-state index in [1.54, 1.807) is 11.8 Å². The molecular formula is C14H18F2N4O. The van der Waals surface area contributed by atoms with Crippen LogP contribution in [0.1, 0.15) is 31.5 Å². The van der Waals surface area contributed by atoms with E-state index in [-0.39, 0.29) is 6.04 Å². The molecule has 0 radical (unpaired) electrons. The number of carbonyl (C=O) groups excluding carboxylic acids is 1. The third-order valence-electron chi connectivity index (χ3n) is 4.26. The van der Waals surface area contributed by atoms with E-state index in [0.29, 0.717) is 17.3 Å². The van der Waals surface area contributed by atoms with Crippen LogP contribution in [0, 0.1) is 6.92 Å². The van der Waals surface area contributed by atoms with Crippen molar-refractivity contribution in [2.75, 3.05) is 23.4 Å². The number of hydrogen-bond acceptors (Lipinski definition) is 4. The summed E-state index contributed by atoms with van der Waals surface area (Å²) in [6.45, 7) is 1.11. The highest BCUT2D eigenvalue weighted by molar-refractivity contribution is 6.01. The number of halogens is 2. The van der Waals surface area contributed by atoms with Crippen LogP contribution in [0.3, 0.4) is 0 Å². The van der Waals surface area contributed by atoms with Crippen molar-refractivity contribution in [1.82, 2.24) is 9.97 Å². The Morgan fingerprint density at radius 1 is 1.33 bits per heavy atom. The SMILES string of the molecule is Cc1ncc2c(n1)N(C1CCCC1)CC(F)(F)C(=O)N2C. The van der Waals surface area contributed by atoms with Gasteiger partial charge in [0.1, 0.15) is 11.5 Å². The molecule has 1 aromatic heterocycles. The van der Waals surface area contributed by atoms with Crippen LogP contribution in [0.5, 0.6) is 0 Å². The van der Waals surface area contributed by atoms with E-state index in [9.17, 15) is 13.6 Å². The first-order valence-corrected chi connectivity index (χ1v) is 7.16. The van der Waals surface area contributed by atoms with Gasteiger partial charge >= 0.3 is 5.92 Å². The van der Waals surface area contributed by atoms with Crippen LogP contribution in [-0.4, -0.2) is 41.4 Å². The molecule has 1 amide bonds. The van der Waals surface area contributed by atoms with E-state index in [4.69, 9.17) is 0 Å². The number of rotatable bonds is 1. The minimum absolute atomic E-state index is 0.0169. The summed E-state index contributed by atoms with van der Waals surface area (Å²) < 4.78 is 28.4. The number of aromatic nitrogens is 2. The van der Waals surface area contributed by atoms with Crippen molar-refractivity contribution in [1.29, 1.82) is 0 Å². The molecule has 0 bridgehead atoms. The van der Waals surface area contributed by atoms with Gasteiger partial charge in [0.2, 0.25) is 0 Å². The third-order valence-corrected chi connectivity index (χ3v) is 4.26. The summed E-state index contributed by atoms with van der Waals surface area (Å²) in [4.78, 5) is 22.9. The lowest BCUT2D eigenvalue weighted by molar-refractivity contribution is -0.140. The Morgan fingerprint density at radius 2 is 2.00 bits per heavy atom. The lowest BCUT2D eigenvalue weighted by atomic mass is 10.2. The van der Waals surface area contributed by atoms with Crippen LogP contribution in [0.15, 0.2) is 6.20 Å². The number of amides is 1. The number of fused-ring (bicyclic) bond motifs is 1. The maximum atomic E-state index is 14.2. The van der Waals surface area contributed by atoms with Gasteiger partial charge in [-0.15, -0.1) is 0 Å². The highest BCUT2D eigenvalue weighted by Gasteiger charge is 2.48. The van der Waals surface area contributed by atoms with E-state index >= 15 is 0 Å². The van der Waals surface area contributed by atoms with E-state index < -0.39 is 18.4 Å². The second-order valence-electron chi connectivity index (χ2n) is 5.76. The number of aryl methyl sites for hydroxylation is 1. The second-order valence-corrected chi connectivity index (χ2v) is 5.76. The molecule has 1 aromatic rings. The predicted molar refractivity (Wildman–Crippen MR) is 74.7 cm³/mol. The Hall–Kier alpha value is -1.79.